The third kappa shape index (κ3) is 4.79. The molecule has 2 atom stereocenters. The SMILES string of the molecule is COC(=O)C(C1C=CC(Cl)=CC1)n1ncc2c(NC(=O)OC(C)(C)C)cccc21. The van der Waals surface area contributed by atoms with Crippen LogP contribution < -0.4 is 5.32 Å². The molecule has 1 amide bonds. The van der Waals surface area contributed by atoms with Crippen molar-refractivity contribution < 1.29 is 19.1 Å². The van der Waals surface area contributed by atoms with Crippen molar-refractivity contribution in [3.63, 3.8) is 0 Å². The van der Waals surface area contributed by atoms with E-state index in [1.807, 2.05) is 18.2 Å². The molecule has 0 saturated heterocycles. The Morgan fingerprint density at radius 2 is 2.10 bits per heavy atom. The topological polar surface area (TPSA) is 82.5 Å². The lowest BCUT2D eigenvalue weighted by Gasteiger charge is -2.24. The number of ether oxygens (including phenoxy) is 2. The van der Waals surface area contributed by atoms with E-state index in [0.29, 0.717) is 28.0 Å². The number of carbonyl (C=O) groups excluding carboxylic acids is 2. The number of amides is 1. The van der Waals surface area contributed by atoms with Crippen molar-refractivity contribution >= 4 is 40.3 Å². The van der Waals surface area contributed by atoms with Gasteiger partial charge in [-0.2, -0.15) is 5.10 Å². The maximum atomic E-state index is 12.6. The number of nitrogens with one attached hydrogen (secondary N) is 1. The van der Waals surface area contributed by atoms with Crippen LogP contribution in [0, 0.1) is 5.92 Å². The highest BCUT2D eigenvalue weighted by Gasteiger charge is 2.32. The van der Waals surface area contributed by atoms with Gasteiger partial charge in [-0.3, -0.25) is 5.32 Å². The predicted octanol–water partition coefficient (Wildman–Crippen LogP) is 4.80. The summed E-state index contributed by atoms with van der Waals surface area (Å²) in [5, 5.41) is 8.52. The molecule has 2 unspecified atom stereocenters. The molecule has 1 aliphatic carbocycles. The van der Waals surface area contributed by atoms with Gasteiger partial charge in [0.15, 0.2) is 6.04 Å². The normalized spacial score (nSPS) is 17.6. The number of halogens is 1. The van der Waals surface area contributed by atoms with E-state index >= 15 is 0 Å². The number of anilines is 1. The van der Waals surface area contributed by atoms with Crippen LogP contribution in [0.1, 0.15) is 33.2 Å². The van der Waals surface area contributed by atoms with E-state index in [2.05, 4.69) is 10.4 Å². The summed E-state index contributed by atoms with van der Waals surface area (Å²) in [5.41, 5.74) is 0.636. The van der Waals surface area contributed by atoms with E-state index < -0.39 is 23.7 Å². The number of allylic oxidation sites excluding steroid dienone is 4. The number of hydrogen-bond acceptors (Lipinski definition) is 5. The fourth-order valence-electron chi connectivity index (χ4n) is 3.24. The zero-order valence-electron chi connectivity index (χ0n) is 16.8. The van der Waals surface area contributed by atoms with Crippen molar-refractivity contribution in [3.05, 3.63) is 47.7 Å². The van der Waals surface area contributed by atoms with Gasteiger partial charge in [0.05, 0.1) is 24.5 Å². The number of benzene rings is 1. The van der Waals surface area contributed by atoms with Crippen LogP contribution in [0.15, 0.2) is 47.7 Å². The van der Waals surface area contributed by atoms with Crippen LogP contribution in [0.3, 0.4) is 0 Å². The van der Waals surface area contributed by atoms with E-state index in [-0.39, 0.29) is 5.92 Å². The third-order valence-corrected chi connectivity index (χ3v) is 4.76. The summed E-state index contributed by atoms with van der Waals surface area (Å²) in [6.07, 6.45) is 7.17. The van der Waals surface area contributed by atoms with Gasteiger partial charge in [0.2, 0.25) is 0 Å². The Morgan fingerprint density at radius 1 is 1.34 bits per heavy atom. The number of nitrogens with zero attached hydrogens (tertiary/aromatic N) is 2. The predicted molar refractivity (Wildman–Crippen MR) is 112 cm³/mol. The van der Waals surface area contributed by atoms with Gasteiger partial charge in [-0.25, -0.2) is 14.3 Å². The van der Waals surface area contributed by atoms with Gasteiger partial charge in [0.1, 0.15) is 5.60 Å². The number of esters is 1. The van der Waals surface area contributed by atoms with Crippen LogP contribution in [0.2, 0.25) is 0 Å². The minimum Gasteiger partial charge on any atom is -0.467 e. The average Bonchev–Trinajstić information content (AvgIpc) is 3.06. The number of rotatable bonds is 4. The summed E-state index contributed by atoms with van der Waals surface area (Å²) in [7, 11) is 1.35. The van der Waals surface area contributed by atoms with Crippen molar-refractivity contribution in [3.8, 4) is 0 Å². The molecule has 0 aliphatic heterocycles. The van der Waals surface area contributed by atoms with Crippen LogP contribution in [0.25, 0.3) is 10.9 Å². The van der Waals surface area contributed by atoms with Gasteiger partial charge in [-0.15, -0.1) is 0 Å². The molecular weight excluding hydrogens is 394 g/mol. The third-order valence-electron chi connectivity index (χ3n) is 4.48. The minimum absolute atomic E-state index is 0.157. The first-order valence-corrected chi connectivity index (χ1v) is 9.65. The first kappa shape index (κ1) is 20.9. The van der Waals surface area contributed by atoms with Crippen LogP contribution in [-0.4, -0.2) is 34.6 Å². The van der Waals surface area contributed by atoms with Crippen molar-refractivity contribution in [1.29, 1.82) is 0 Å². The first-order chi connectivity index (χ1) is 13.7. The fraction of sp³-hybridized carbons (Fsp3) is 0.381. The smallest absolute Gasteiger partial charge is 0.412 e. The lowest BCUT2D eigenvalue weighted by Crippen LogP contribution is -2.29. The molecule has 154 valence electrons. The molecule has 0 spiro atoms. The quantitative estimate of drug-likeness (QED) is 0.722. The van der Waals surface area contributed by atoms with Crippen molar-refractivity contribution in [2.45, 2.75) is 38.8 Å². The molecule has 29 heavy (non-hydrogen) atoms. The number of hydrogen-bond donors (Lipinski definition) is 1. The molecule has 1 aromatic carbocycles. The molecule has 2 aromatic rings. The van der Waals surface area contributed by atoms with E-state index in [1.165, 1.54) is 7.11 Å². The standard InChI is InChI=1S/C21H24ClN3O4/c1-21(2,3)29-20(27)24-16-6-5-7-17-15(16)12-23-25(17)18(19(26)28-4)13-8-10-14(22)11-9-13/h5-8,10-13,18H,9H2,1-4H3,(H,24,27). The second-order valence-corrected chi connectivity index (χ2v) is 8.21. The van der Waals surface area contributed by atoms with Crippen LogP contribution in [-0.2, 0) is 14.3 Å². The Labute approximate surface area is 174 Å². The number of carbonyl (C=O) groups is 2. The summed E-state index contributed by atoms with van der Waals surface area (Å²) in [5.74, 6) is -0.558. The van der Waals surface area contributed by atoms with E-state index in [0.717, 1.165) is 0 Å². The molecule has 7 nitrogen and oxygen atoms in total. The van der Waals surface area contributed by atoms with Gasteiger partial charge in [0.25, 0.3) is 0 Å². The van der Waals surface area contributed by atoms with Crippen LogP contribution in [0.4, 0.5) is 10.5 Å². The first-order valence-electron chi connectivity index (χ1n) is 9.27. The van der Waals surface area contributed by atoms with Crippen molar-refractivity contribution in [2.75, 3.05) is 12.4 Å². The summed E-state index contributed by atoms with van der Waals surface area (Å²) >= 11 is 6.02. The average molecular weight is 418 g/mol. The Kier molecular flexibility index (Phi) is 5.98. The summed E-state index contributed by atoms with van der Waals surface area (Å²) in [6.45, 7) is 5.39. The molecule has 0 fully saturated rings. The van der Waals surface area contributed by atoms with E-state index in [4.69, 9.17) is 21.1 Å². The number of aromatic nitrogens is 2. The largest absolute Gasteiger partial charge is 0.467 e. The molecule has 0 bridgehead atoms. The molecule has 1 N–H and O–H groups in total. The van der Waals surface area contributed by atoms with Gasteiger partial charge in [-0.05, 0) is 45.4 Å². The maximum absolute atomic E-state index is 12.6. The lowest BCUT2D eigenvalue weighted by molar-refractivity contribution is -0.146. The summed E-state index contributed by atoms with van der Waals surface area (Å²) in [4.78, 5) is 24.8. The van der Waals surface area contributed by atoms with Gasteiger partial charge >= 0.3 is 12.1 Å². The Bertz CT molecular complexity index is 987. The second-order valence-electron chi connectivity index (χ2n) is 7.77. The van der Waals surface area contributed by atoms with Gasteiger partial charge in [0, 0.05) is 16.3 Å². The van der Waals surface area contributed by atoms with E-state index in [1.54, 1.807) is 49.9 Å². The lowest BCUT2D eigenvalue weighted by atomic mass is 9.92. The zero-order valence-corrected chi connectivity index (χ0v) is 17.6. The molecule has 3 rings (SSSR count). The highest BCUT2D eigenvalue weighted by molar-refractivity contribution is 6.31. The summed E-state index contributed by atoms with van der Waals surface area (Å²) in [6, 6.07) is 4.73. The molecule has 8 heteroatoms. The number of methoxy groups -OCH3 is 1. The van der Waals surface area contributed by atoms with Gasteiger partial charge in [-0.1, -0.05) is 29.8 Å². The highest BCUT2D eigenvalue weighted by Crippen LogP contribution is 2.33. The van der Waals surface area contributed by atoms with E-state index in [9.17, 15) is 9.59 Å². The molecule has 1 aliphatic rings. The Balaban J connectivity index is 1.96. The molecule has 1 aromatic heterocycles. The van der Waals surface area contributed by atoms with Crippen molar-refractivity contribution in [2.24, 2.45) is 5.92 Å². The molecule has 1 heterocycles. The Morgan fingerprint density at radius 3 is 2.72 bits per heavy atom. The zero-order chi connectivity index (χ0) is 21.2. The van der Waals surface area contributed by atoms with Crippen molar-refractivity contribution in [1.82, 2.24) is 9.78 Å². The second kappa shape index (κ2) is 8.29. The fourth-order valence-corrected chi connectivity index (χ4v) is 3.40. The maximum Gasteiger partial charge on any atom is 0.412 e. The van der Waals surface area contributed by atoms with Gasteiger partial charge < -0.3 is 9.47 Å². The highest BCUT2D eigenvalue weighted by atomic mass is 35.5. The molecule has 0 saturated carbocycles. The van der Waals surface area contributed by atoms with Crippen LogP contribution in [0.5, 0.6) is 0 Å². The number of fused-ring (bicyclic) bond motifs is 1. The monoisotopic (exact) mass is 417 g/mol. The van der Waals surface area contributed by atoms with Crippen LogP contribution >= 0.6 is 11.6 Å². The molecular formula is C21H24ClN3O4. The minimum atomic E-state index is -0.661. The Hall–Kier alpha value is -2.80. The summed E-state index contributed by atoms with van der Waals surface area (Å²) < 4.78 is 12.0. The molecule has 0 radical (unpaired) electrons.